The Morgan fingerprint density at radius 1 is 1.16 bits per heavy atom. The molecule has 0 bridgehead atoms. The standard InChI is InChI=1S/C34H49N3O6S2/c1-4-19(2)32(40)43-33(3)9-7-21-17-44-45-18-24-8-10-37(24)29(38)12-23-16-36-28(35)13-25(23)31(21)34(33)15-22-11-20-5-6-30(39)41-26(20)14-27(22)42-34/h4,7,20,22-28,31,36H,5-6,8-18,35H2,1-3H3/p+1/t20?,22?,23?,24-,25?,26?,27?,28?,31+,33-,34-/m0/s1. The van der Waals surface area contributed by atoms with Crippen molar-refractivity contribution in [3.05, 3.63) is 23.3 Å². The van der Waals surface area contributed by atoms with Crippen LogP contribution in [0.25, 0.3) is 0 Å². The second-order valence-corrected chi connectivity index (χ2v) is 17.4. The highest BCUT2D eigenvalue weighted by atomic mass is 33.1. The third-order valence-corrected chi connectivity index (χ3v) is 14.9. The summed E-state index contributed by atoms with van der Waals surface area (Å²) in [4.78, 5) is 41.7. The Labute approximate surface area is 274 Å². The largest absolute Gasteiger partial charge is 0.462 e. The number of hydrogen-bond donors (Lipinski definition) is 2. The number of nitrogens with two attached hydrogens (primary N) is 2. The van der Waals surface area contributed by atoms with Crippen LogP contribution < -0.4 is 11.1 Å². The predicted molar refractivity (Wildman–Crippen MR) is 174 cm³/mol. The molecule has 0 radical (unpaired) electrons. The summed E-state index contributed by atoms with van der Waals surface area (Å²) in [6, 6.07) is 0.335. The summed E-state index contributed by atoms with van der Waals surface area (Å²) in [7, 11) is 3.75. The maximum atomic E-state index is 13.8. The highest BCUT2D eigenvalue weighted by molar-refractivity contribution is 8.76. The molecule has 1 saturated carbocycles. The van der Waals surface area contributed by atoms with Gasteiger partial charge in [0.05, 0.1) is 12.6 Å². The number of esters is 2. The summed E-state index contributed by atoms with van der Waals surface area (Å²) in [6.07, 6.45) is 10.6. The van der Waals surface area contributed by atoms with Gasteiger partial charge in [0.2, 0.25) is 5.91 Å². The van der Waals surface area contributed by atoms with Gasteiger partial charge in [-0.05, 0) is 64.2 Å². The zero-order chi connectivity index (χ0) is 31.5. The van der Waals surface area contributed by atoms with Gasteiger partial charge in [-0.1, -0.05) is 39.3 Å². The molecule has 5 heterocycles. The average Bonchev–Trinajstić information content (AvgIpc) is 3.36. The van der Waals surface area contributed by atoms with Crippen molar-refractivity contribution in [1.82, 2.24) is 4.90 Å². The number of ether oxygens (including phenoxy) is 3. The Morgan fingerprint density at radius 2 is 2.00 bits per heavy atom. The lowest BCUT2D eigenvalue weighted by molar-refractivity contribution is -0.706. The van der Waals surface area contributed by atoms with Crippen LogP contribution >= 0.6 is 21.6 Å². The number of carbonyl (C=O) groups excluding carboxylic acids is 3. The van der Waals surface area contributed by atoms with Gasteiger partial charge in [-0.15, -0.1) is 0 Å². The van der Waals surface area contributed by atoms with Crippen molar-refractivity contribution in [3.63, 3.8) is 0 Å². The number of rotatable bonds is 2. The zero-order valence-corrected chi connectivity index (χ0v) is 28.5. The van der Waals surface area contributed by atoms with Crippen LogP contribution in [0.4, 0.5) is 0 Å². The van der Waals surface area contributed by atoms with Crippen LogP contribution in [0.3, 0.4) is 0 Å². The van der Waals surface area contributed by atoms with E-state index in [1.807, 2.05) is 28.5 Å². The maximum absolute atomic E-state index is 13.8. The highest BCUT2D eigenvalue weighted by Crippen LogP contribution is 2.61. The zero-order valence-electron chi connectivity index (χ0n) is 26.9. The van der Waals surface area contributed by atoms with Crippen molar-refractivity contribution in [3.8, 4) is 0 Å². The van der Waals surface area contributed by atoms with Gasteiger partial charge in [0.1, 0.15) is 23.5 Å². The lowest BCUT2D eigenvalue weighted by Gasteiger charge is -2.56. The molecule has 248 valence electrons. The summed E-state index contributed by atoms with van der Waals surface area (Å²) in [5, 5.41) is 2.21. The van der Waals surface area contributed by atoms with E-state index in [0.717, 1.165) is 56.7 Å². The second kappa shape index (κ2) is 12.5. The number of piperidine rings is 1. The number of allylic oxidation sites excluding steroid dienone is 1. The van der Waals surface area contributed by atoms with E-state index in [1.54, 1.807) is 13.0 Å². The van der Waals surface area contributed by atoms with Gasteiger partial charge in [-0.2, -0.15) is 0 Å². The third kappa shape index (κ3) is 5.70. The molecule has 11 atom stereocenters. The Kier molecular flexibility index (Phi) is 8.89. The Balaban J connectivity index is 1.31. The first kappa shape index (κ1) is 32.0. The molecule has 0 aromatic rings. The minimum Gasteiger partial charge on any atom is -0.462 e. The molecule has 7 aliphatic rings. The van der Waals surface area contributed by atoms with Crippen LogP contribution in [0, 0.1) is 29.6 Å². The fourth-order valence-electron chi connectivity index (χ4n) is 9.74. The normalized spacial score (nSPS) is 45.2. The molecule has 0 aromatic carbocycles. The minimum atomic E-state index is -0.904. The Hall–Kier alpha value is -1.53. The van der Waals surface area contributed by atoms with Gasteiger partial charge in [0, 0.05) is 73.6 Å². The fourth-order valence-corrected chi connectivity index (χ4v) is 12.3. The second-order valence-electron chi connectivity index (χ2n) is 14.9. The monoisotopic (exact) mass is 660 g/mol. The molecule has 5 saturated heterocycles. The highest BCUT2D eigenvalue weighted by Gasteiger charge is 2.68. The molecule has 7 unspecified atom stereocenters. The molecule has 4 N–H and O–H groups in total. The summed E-state index contributed by atoms with van der Waals surface area (Å²) < 4.78 is 20.0. The van der Waals surface area contributed by atoms with Gasteiger partial charge < -0.3 is 24.4 Å². The van der Waals surface area contributed by atoms with E-state index < -0.39 is 11.2 Å². The van der Waals surface area contributed by atoms with Gasteiger partial charge in [0.25, 0.3) is 0 Å². The number of carbonyl (C=O) groups is 3. The first-order valence-electron chi connectivity index (χ1n) is 17.2. The molecule has 1 spiro atoms. The molecule has 11 heteroatoms. The minimum absolute atomic E-state index is 0.0394. The lowest BCUT2D eigenvalue weighted by atomic mass is 9.56. The van der Waals surface area contributed by atoms with Crippen LogP contribution in [0.5, 0.6) is 0 Å². The number of nitrogens with zero attached hydrogens (tertiary/aromatic N) is 1. The topological polar surface area (TPSA) is 125 Å². The number of fused-ring (bicyclic) bond motifs is 7. The quantitative estimate of drug-likeness (QED) is 0.199. The average molecular weight is 661 g/mol. The third-order valence-electron chi connectivity index (χ3n) is 12.5. The van der Waals surface area contributed by atoms with E-state index in [9.17, 15) is 14.4 Å². The van der Waals surface area contributed by atoms with E-state index >= 15 is 0 Å². The Bertz CT molecular complexity index is 1280. The SMILES string of the molecule is CC=C(C)C(=O)O[C@@]1(C)CC=C2CSSC[C@@H]3CCN3C(=O)CC3C[NH2+]C(N)CC3[C@@H]2[C@@]12CC1CC3CCC(=O)OC3CC1O2. The summed E-state index contributed by atoms with van der Waals surface area (Å²) in [6.45, 7) is 7.41. The summed E-state index contributed by atoms with van der Waals surface area (Å²) in [5.41, 5.74) is 6.98. The van der Waals surface area contributed by atoms with Crippen molar-refractivity contribution in [2.45, 2.75) is 114 Å². The number of quaternary nitrogens is 1. The predicted octanol–water partition coefficient (Wildman–Crippen LogP) is 3.33. The van der Waals surface area contributed by atoms with Crippen LogP contribution in [-0.4, -0.2) is 83.0 Å². The van der Waals surface area contributed by atoms with E-state index in [-0.39, 0.29) is 59.9 Å². The van der Waals surface area contributed by atoms with E-state index in [1.165, 1.54) is 5.57 Å². The van der Waals surface area contributed by atoms with Crippen LogP contribution in [0.1, 0.15) is 78.6 Å². The first-order chi connectivity index (χ1) is 21.6. The van der Waals surface area contributed by atoms with E-state index in [0.29, 0.717) is 43.2 Å². The van der Waals surface area contributed by atoms with Crippen LogP contribution in [0.15, 0.2) is 23.3 Å². The van der Waals surface area contributed by atoms with E-state index in [4.69, 9.17) is 19.9 Å². The fraction of sp³-hybridized carbons (Fsp3) is 0.794. The maximum Gasteiger partial charge on any atom is 0.334 e. The summed E-state index contributed by atoms with van der Waals surface area (Å²) in [5.74, 6) is 2.53. The summed E-state index contributed by atoms with van der Waals surface area (Å²) >= 11 is 0. The molecule has 0 aromatic heterocycles. The van der Waals surface area contributed by atoms with Gasteiger partial charge in [0.15, 0.2) is 0 Å². The molecule has 6 fully saturated rings. The number of hydrogen-bond acceptors (Lipinski definition) is 9. The van der Waals surface area contributed by atoms with Crippen LogP contribution in [-0.2, 0) is 28.6 Å². The molecular formula is C34H50N3O6S2+. The molecule has 2 aliphatic carbocycles. The molecular weight excluding hydrogens is 611 g/mol. The van der Waals surface area contributed by atoms with Gasteiger partial charge in [-0.25, -0.2) is 4.79 Å². The first-order valence-corrected chi connectivity index (χ1v) is 19.6. The molecule has 7 rings (SSSR count). The van der Waals surface area contributed by atoms with Crippen molar-refractivity contribution in [2.75, 3.05) is 24.6 Å². The van der Waals surface area contributed by atoms with Crippen molar-refractivity contribution >= 4 is 39.4 Å². The van der Waals surface area contributed by atoms with Gasteiger partial charge >= 0.3 is 11.9 Å². The molecule has 9 nitrogen and oxygen atoms in total. The van der Waals surface area contributed by atoms with Crippen molar-refractivity contribution in [1.29, 1.82) is 0 Å². The number of amides is 1. The van der Waals surface area contributed by atoms with Crippen LogP contribution in [0.2, 0.25) is 0 Å². The smallest absolute Gasteiger partial charge is 0.334 e. The molecule has 5 aliphatic heterocycles. The molecule has 1 amide bonds. The lowest BCUT2D eigenvalue weighted by Crippen LogP contribution is -2.96. The van der Waals surface area contributed by atoms with Gasteiger partial charge in [-0.3, -0.25) is 15.3 Å². The van der Waals surface area contributed by atoms with E-state index in [2.05, 4.69) is 23.2 Å². The van der Waals surface area contributed by atoms with Crippen molar-refractivity contribution in [2.24, 2.45) is 35.3 Å². The molecule has 45 heavy (non-hydrogen) atoms. The Morgan fingerprint density at radius 3 is 2.78 bits per heavy atom. The van der Waals surface area contributed by atoms with Crippen molar-refractivity contribution < 1.29 is 33.9 Å².